The van der Waals surface area contributed by atoms with Gasteiger partial charge in [0.05, 0.1) is 11.0 Å². The number of thiophene rings is 1. The molecule has 0 radical (unpaired) electrons. The van der Waals surface area contributed by atoms with Gasteiger partial charge in [0, 0.05) is 53.7 Å². The number of hydrogen-bond acceptors (Lipinski definition) is 2. The molecule has 3 heterocycles. The SMILES string of the molecule is C1=CC2c3ccccc3OC2C(c2cccc3sc4ccc(-n5c6ccccc6c6ccccc65)cc4c23)=C1. The molecule has 184 valence electrons. The summed E-state index contributed by atoms with van der Waals surface area (Å²) in [6.45, 7) is 0. The summed E-state index contributed by atoms with van der Waals surface area (Å²) >= 11 is 1.87. The summed E-state index contributed by atoms with van der Waals surface area (Å²) in [6, 6.07) is 39.6. The van der Waals surface area contributed by atoms with Gasteiger partial charge >= 0.3 is 0 Å². The maximum absolute atomic E-state index is 6.57. The fourth-order valence-electron chi connectivity index (χ4n) is 6.71. The maximum Gasteiger partial charge on any atom is 0.135 e. The molecule has 0 bridgehead atoms. The molecule has 0 spiro atoms. The van der Waals surface area contributed by atoms with Crippen LogP contribution in [0.1, 0.15) is 17.0 Å². The summed E-state index contributed by atoms with van der Waals surface area (Å²) < 4.78 is 11.6. The number of rotatable bonds is 2. The Kier molecular flexibility index (Phi) is 4.35. The van der Waals surface area contributed by atoms with Crippen LogP contribution in [0.2, 0.25) is 0 Å². The predicted octanol–water partition coefficient (Wildman–Crippen LogP) is 9.65. The fraction of sp³-hybridized carbons (Fsp3) is 0.0556. The van der Waals surface area contributed by atoms with Crippen molar-refractivity contribution in [2.45, 2.75) is 12.0 Å². The Morgan fingerprint density at radius 2 is 1.44 bits per heavy atom. The van der Waals surface area contributed by atoms with Gasteiger partial charge in [0.15, 0.2) is 0 Å². The lowest BCUT2D eigenvalue weighted by atomic mass is 9.83. The summed E-state index contributed by atoms with van der Waals surface area (Å²) in [7, 11) is 0. The first-order valence-electron chi connectivity index (χ1n) is 13.4. The Balaban J connectivity index is 1.28. The molecule has 0 amide bonds. The number of benzene rings is 5. The van der Waals surface area contributed by atoms with Crippen LogP contribution >= 0.6 is 11.3 Å². The molecule has 2 aliphatic rings. The van der Waals surface area contributed by atoms with Crippen molar-refractivity contribution in [1.29, 1.82) is 0 Å². The molecule has 5 aromatic carbocycles. The number of para-hydroxylation sites is 3. The van der Waals surface area contributed by atoms with Gasteiger partial charge in [-0.3, -0.25) is 0 Å². The first-order chi connectivity index (χ1) is 19.3. The third kappa shape index (κ3) is 2.96. The zero-order chi connectivity index (χ0) is 25.5. The Morgan fingerprint density at radius 1 is 0.667 bits per heavy atom. The Labute approximate surface area is 229 Å². The van der Waals surface area contributed by atoms with Gasteiger partial charge in [-0.2, -0.15) is 0 Å². The fourth-order valence-corrected chi connectivity index (χ4v) is 7.82. The van der Waals surface area contributed by atoms with Gasteiger partial charge in [-0.15, -0.1) is 11.3 Å². The van der Waals surface area contributed by atoms with E-state index in [4.69, 9.17) is 4.74 Å². The van der Waals surface area contributed by atoms with Crippen LogP contribution in [-0.4, -0.2) is 10.7 Å². The summed E-state index contributed by atoms with van der Waals surface area (Å²) in [5, 5.41) is 5.19. The second-order valence-electron chi connectivity index (χ2n) is 10.4. The molecule has 1 aliphatic heterocycles. The highest BCUT2D eigenvalue weighted by atomic mass is 32.1. The molecule has 0 saturated heterocycles. The molecule has 0 N–H and O–H groups in total. The normalized spacial score (nSPS) is 18.0. The molecule has 0 saturated carbocycles. The van der Waals surface area contributed by atoms with Crippen LogP contribution in [-0.2, 0) is 0 Å². The molecule has 1 aliphatic carbocycles. The Hall–Kier alpha value is -4.60. The average Bonchev–Trinajstić information content (AvgIpc) is 3.66. The minimum atomic E-state index is -0.00605. The van der Waals surface area contributed by atoms with Crippen molar-refractivity contribution in [1.82, 2.24) is 4.57 Å². The predicted molar refractivity (Wildman–Crippen MR) is 164 cm³/mol. The standard InChI is InChI=1S/C36H23NOS/c1-4-15-30-23(9-1)24-10-2-5-16-31(24)37(30)22-19-20-33-29(21-22)35-26(12-8-18-34(35)39-33)28-14-7-13-27-25-11-3-6-17-32(25)38-36(27)28/h1-21,27,36H. The van der Waals surface area contributed by atoms with Crippen molar-refractivity contribution in [2.75, 3.05) is 0 Å². The van der Waals surface area contributed by atoms with Crippen molar-refractivity contribution >= 4 is 58.9 Å². The minimum absolute atomic E-state index is 0.00605. The van der Waals surface area contributed by atoms with E-state index in [1.54, 1.807) is 0 Å². The quantitative estimate of drug-likeness (QED) is 0.223. The number of aromatic nitrogens is 1. The summed E-state index contributed by atoms with van der Waals surface area (Å²) in [5.74, 6) is 1.25. The summed E-state index contributed by atoms with van der Waals surface area (Å²) in [4.78, 5) is 0. The van der Waals surface area contributed by atoms with E-state index in [1.165, 1.54) is 64.4 Å². The summed E-state index contributed by atoms with van der Waals surface area (Å²) in [5.41, 5.74) is 7.46. The minimum Gasteiger partial charge on any atom is -0.484 e. The van der Waals surface area contributed by atoms with Crippen LogP contribution in [0.4, 0.5) is 0 Å². The van der Waals surface area contributed by atoms with Crippen molar-refractivity contribution in [2.24, 2.45) is 0 Å². The lowest BCUT2D eigenvalue weighted by Crippen LogP contribution is -2.21. The zero-order valence-electron chi connectivity index (χ0n) is 21.0. The van der Waals surface area contributed by atoms with E-state index in [0.717, 1.165) is 5.75 Å². The number of fused-ring (bicyclic) bond motifs is 9. The lowest BCUT2D eigenvalue weighted by molar-refractivity contribution is 0.278. The molecule has 7 aromatic rings. The average molecular weight is 518 g/mol. The molecular weight excluding hydrogens is 494 g/mol. The molecule has 0 fully saturated rings. The molecule has 2 atom stereocenters. The number of ether oxygens (including phenoxy) is 1. The largest absolute Gasteiger partial charge is 0.484 e. The van der Waals surface area contributed by atoms with Crippen LogP contribution in [0, 0.1) is 0 Å². The number of allylic oxidation sites excluding steroid dienone is 2. The topological polar surface area (TPSA) is 14.2 Å². The molecule has 2 aromatic heterocycles. The molecular formula is C36H23NOS. The molecule has 2 nitrogen and oxygen atoms in total. The Morgan fingerprint density at radius 3 is 2.28 bits per heavy atom. The van der Waals surface area contributed by atoms with Gasteiger partial charge in [0.25, 0.3) is 0 Å². The highest BCUT2D eigenvalue weighted by Crippen LogP contribution is 2.48. The van der Waals surface area contributed by atoms with E-state index in [1.807, 2.05) is 11.3 Å². The highest BCUT2D eigenvalue weighted by Gasteiger charge is 2.37. The highest BCUT2D eigenvalue weighted by molar-refractivity contribution is 7.25. The van der Waals surface area contributed by atoms with Gasteiger partial charge < -0.3 is 9.30 Å². The smallest absolute Gasteiger partial charge is 0.135 e. The van der Waals surface area contributed by atoms with Crippen LogP contribution in [0.25, 0.3) is 53.2 Å². The van der Waals surface area contributed by atoms with Crippen LogP contribution < -0.4 is 4.74 Å². The zero-order valence-corrected chi connectivity index (χ0v) is 21.9. The number of nitrogens with zero attached hydrogens (tertiary/aromatic N) is 1. The van der Waals surface area contributed by atoms with Crippen molar-refractivity contribution in [3.8, 4) is 11.4 Å². The van der Waals surface area contributed by atoms with Crippen LogP contribution in [0.15, 0.2) is 127 Å². The first kappa shape index (κ1) is 21.3. The maximum atomic E-state index is 6.57. The van der Waals surface area contributed by atoms with Crippen molar-refractivity contribution < 1.29 is 4.74 Å². The second-order valence-corrected chi connectivity index (χ2v) is 11.5. The van der Waals surface area contributed by atoms with Gasteiger partial charge in [-0.05, 0) is 48.0 Å². The third-order valence-electron chi connectivity index (χ3n) is 8.39. The van der Waals surface area contributed by atoms with E-state index < -0.39 is 0 Å². The van der Waals surface area contributed by atoms with Crippen LogP contribution in [0.3, 0.4) is 0 Å². The monoisotopic (exact) mass is 517 g/mol. The van der Waals surface area contributed by atoms with Gasteiger partial charge in [0.1, 0.15) is 11.9 Å². The van der Waals surface area contributed by atoms with E-state index in [0.29, 0.717) is 0 Å². The molecule has 9 rings (SSSR count). The van der Waals surface area contributed by atoms with Gasteiger partial charge in [0.2, 0.25) is 0 Å². The second kappa shape index (κ2) is 7.95. The van der Waals surface area contributed by atoms with Crippen LogP contribution in [0.5, 0.6) is 5.75 Å². The van der Waals surface area contributed by atoms with Crippen molar-refractivity contribution in [3.05, 3.63) is 139 Å². The number of hydrogen-bond donors (Lipinski definition) is 0. The van der Waals surface area contributed by atoms with E-state index >= 15 is 0 Å². The molecule has 3 heteroatoms. The Bertz CT molecular complexity index is 2120. The van der Waals surface area contributed by atoms with Gasteiger partial charge in [-0.25, -0.2) is 0 Å². The van der Waals surface area contributed by atoms with E-state index in [2.05, 4.69) is 132 Å². The van der Waals surface area contributed by atoms with E-state index in [-0.39, 0.29) is 12.0 Å². The summed E-state index contributed by atoms with van der Waals surface area (Å²) in [6.07, 6.45) is 6.74. The van der Waals surface area contributed by atoms with Crippen molar-refractivity contribution in [3.63, 3.8) is 0 Å². The lowest BCUT2D eigenvalue weighted by Gasteiger charge is -2.23. The molecule has 2 unspecified atom stereocenters. The first-order valence-corrected chi connectivity index (χ1v) is 14.2. The third-order valence-corrected chi connectivity index (χ3v) is 9.52. The van der Waals surface area contributed by atoms with E-state index in [9.17, 15) is 0 Å². The molecule has 39 heavy (non-hydrogen) atoms. The van der Waals surface area contributed by atoms with Gasteiger partial charge in [-0.1, -0.05) is 85.0 Å².